The highest BCUT2D eigenvalue weighted by molar-refractivity contribution is 5.97. The van der Waals surface area contributed by atoms with Crippen LogP contribution in [0.15, 0.2) is 12.1 Å². The monoisotopic (exact) mass is 431 g/mol. The lowest BCUT2D eigenvalue weighted by Crippen LogP contribution is -2.51. The minimum absolute atomic E-state index is 0.0597. The fourth-order valence-corrected chi connectivity index (χ4v) is 5.28. The fraction of sp³-hybridized carbons (Fsp3) is 0.550. The van der Waals surface area contributed by atoms with Gasteiger partial charge >= 0.3 is 6.29 Å². The Morgan fingerprint density at radius 2 is 1.97 bits per heavy atom. The molecule has 164 valence electrons. The average molecular weight is 431 g/mol. The van der Waals surface area contributed by atoms with Crippen LogP contribution >= 0.6 is 0 Å². The quantitative estimate of drug-likeness (QED) is 0.649. The van der Waals surface area contributed by atoms with Crippen LogP contribution in [0.3, 0.4) is 0 Å². The molecule has 0 bridgehead atoms. The van der Waals surface area contributed by atoms with E-state index >= 15 is 0 Å². The molecule has 0 radical (unpaired) electrons. The number of fused-ring (bicyclic) bond motifs is 5. The van der Waals surface area contributed by atoms with Crippen molar-refractivity contribution in [3.8, 4) is 11.5 Å². The first kappa shape index (κ1) is 18.9. The Morgan fingerprint density at radius 3 is 2.81 bits per heavy atom. The van der Waals surface area contributed by atoms with E-state index in [2.05, 4.69) is 34.8 Å². The Labute approximate surface area is 176 Å². The van der Waals surface area contributed by atoms with Gasteiger partial charge in [-0.3, -0.25) is 4.90 Å². The molecule has 3 N–H and O–H groups in total. The highest BCUT2D eigenvalue weighted by atomic mass is 19.3. The van der Waals surface area contributed by atoms with Crippen LogP contribution in [0, 0.1) is 0 Å². The third kappa shape index (κ3) is 2.98. The van der Waals surface area contributed by atoms with Crippen LogP contribution in [0.1, 0.15) is 31.5 Å². The van der Waals surface area contributed by atoms with Gasteiger partial charge in [-0.1, -0.05) is 0 Å². The normalized spacial score (nSPS) is 22.1. The molecule has 6 rings (SSSR count). The summed E-state index contributed by atoms with van der Waals surface area (Å²) in [6, 6.07) is 3.06. The summed E-state index contributed by atoms with van der Waals surface area (Å²) in [5, 5.41) is 8.52. The third-order valence-corrected chi connectivity index (χ3v) is 6.76. The maximum atomic E-state index is 13.5. The van der Waals surface area contributed by atoms with E-state index in [1.807, 2.05) is 0 Å². The van der Waals surface area contributed by atoms with E-state index < -0.39 is 6.29 Å². The van der Waals surface area contributed by atoms with E-state index in [9.17, 15) is 8.78 Å². The maximum absolute atomic E-state index is 13.5. The molecule has 2 fully saturated rings. The molecule has 1 spiro atoms. The van der Waals surface area contributed by atoms with Gasteiger partial charge in [-0.15, -0.1) is 13.9 Å². The molecular formula is C20H23F2N7O2. The van der Waals surface area contributed by atoms with Crippen LogP contribution in [-0.4, -0.2) is 62.5 Å². The highest BCUT2D eigenvalue weighted by Gasteiger charge is 2.45. The van der Waals surface area contributed by atoms with Crippen molar-refractivity contribution in [2.75, 3.05) is 31.9 Å². The number of aromatic nitrogens is 4. The molecule has 9 nitrogen and oxygen atoms in total. The summed E-state index contributed by atoms with van der Waals surface area (Å²) >= 11 is 0. The van der Waals surface area contributed by atoms with Gasteiger partial charge in [-0.2, -0.15) is 4.52 Å². The zero-order chi connectivity index (χ0) is 21.2. The van der Waals surface area contributed by atoms with Crippen LogP contribution in [0.2, 0.25) is 0 Å². The largest absolute Gasteiger partial charge is 0.586 e. The minimum Gasteiger partial charge on any atom is -0.395 e. The van der Waals surface area contributed by atoms with Crippen molar-refractivity contribution in [3.05, 3.63) is 18.0 Å². The summed E-state index contributed by atoms with van der Waals surface area (Å²) in [7, 11) is 0. The number of ether oxygens (including phenoxy) is 2. The van der Waals surface area contributed by atoms with Crippen LogP contribution < -0.4 is 20.5 Å². The Balaban J connectivity index is 1.32. The number of piperidine rings is 1. The molecule has 0 amide bonds. The van der Waals surface area contributed by atoms with E-state index in [1.54, 1.807) is 6.07 Å². The lowest BCUT2D eigenvalue weighted by Gasteiger charge is -2.42. The molecule has 3 aromatic rings. The standard InChI is InChI=1S/C20H23F2N7O2/c21-20(22)30-13-3-2-12-15(16(13)31-20)26-18(23)29-17(12)25-14(27-29)4-11-28-10-1-5-19(28)6-8-24-9-7-19/h2-3,24H,1,4-11H2,(H2,23,26). The smallest absolute Gasteiger partial charge is 0.395 e. The number of likely N-dealkylation sites (tertiary alicyclic amines) is 1. The zero-order valence-corrected chi connectivity index (χ0v) is 16.9. The van der Waals surface area contributed by atoms with Gasteiger partial charge in [0.25, 0.3) is 0 Å². The lowest BCUT2D eigenvalue weighted by atomic mass is 9.85. The van der Waals surface area contributed by atoms with Gasteiger partial charge in [0, 0.05) is 23.9 Å². The van der Waals surface area contributed by atoms with Crippen molar-refractivity contribution < 1.29 is 18.3 Å². The molecule has 0 saturated carbocycles. The van der Waals surface area contributed by atoms with Gasteiger partial charge in [-0.25, -0.2) is 9.97 Å². The predicted molar refractivity (Wildman–Crippen MR) is 108 cm³/mol. The molecule has 31 heavy (non-hydrogen) atoms. The van der Waals surface area contributed by atoms with Crippen LogP contribution in [0.4, 0.5) is 14.7 Å². The lowest BCUT2D eigenvalue weighted by molar-refractivity contribution is -0.286. The van der Waals surface area contributed by atoms with E-state index in [1.165, 1.54) is 36.3 Å². The molecule has 0 atom stereocenters. The molecule has 2 saturated heterocycles. The predicted octanol–water partition coefficient (Wildman–Crippen LogP) is 1.94. The first-order valence-corrected chi connectivity index (χ1v) is 10.6. The molecule has 0 unspecified atom stereocenters. The number of hydrogen-bond donors (Lipinski definition) is 2. The second kappa shape index (κ2) is 6.60. The van der Waals surface area contributed by atoms with E-state index in [4.69, 9.17) is 5.73 Å². The Hall–Kier alpha value is -2.79. The Bertz CT molecular complexity index is 1180. The van der Waals surface area contributed by atoms with E-state index in [-0.39, 0.29) is 23.0 Å². The third-order valence-electron chi connectivity index (χ3n) is 6.76. The number of alkyl halides is 2. The van der Waals surface area contributed by atoms with Gasteiger partial charge in [0.15, 0.2) is 23.0 Å². The summed E-state index contributed by atoms with van der Waals surface area (Å²) < 4.78 is 37.7. The second-order valence-electron chi connectivity index (χ2n) is 8.50. The summed E-state index contributed by atoms with van der Waals surface area (Å²) in [5.41, 5.74) is 7.02. The van der Waals surface area contributed by atoms with Gasteiger partial charge in [-0.05, 0) is 57.5 Å². The van der Waals surface area contributed by atoms with Crippen LogP contribution in [0.25, 0.3) is 16.6 Å². The fourth-order valence-electron chi connectivity index (χ4n) is 5.28. The van der Waals surface area contributed by atoms with E-state index in [0.717, 1.165) is 26.2 Å². The summed E-state index contributed by atoms with van der Waals surface area (Å²) in [6.07, 6.45) is 1.76. The number of nitrogens with one attached hydrogen (secondary N) is 1. The Morgan fingerprint density at radius 1 is 1.13 bits per heavy atom. The number of anilines is 1. The number of nitrogens with zero attached hydrogens (tertiary/aromatic N) is 5. The molecule has 5 heterocycles. The van der Waals surface area contributed by atoms with Gasteiger partial charge in [0.05, 0.1) is 0 Å². The molecule has 3 aliphatic heterocycles. The molecule has 2 aromatic heterocycles. The van der Waals surface area contributed by atoms with Crippen molar-refractivity contribution >= 4 is 22.5 Å². The average Bonchev–Trinajstić information content (AvgIpc) is 3.42. The SMILES string of the molecule is Nc1nc2c3c(ccc2c2nc(CCN4CCCC45CCNCC5)nn12)OC(F)(F)O3. The number of halogens is 2. The number of nitrogen functional groups attached to an aromatic ring is 1. The van der Waals surface area contributed by atoms with Crippen LogP contribution in [0.5, 0.6) is 11.5 Å². The first-order chi connectivity index (χ1) is 14.9. The van der Waals surface area contributed by atoms with Crippen molar-refractivity contribution in [1.29, 1.82) is 0 Å². The van der Waals surface area contributed by atoms with Gasteiger partial charge in [0.2, 0.25) is 5.95 Å². The van der Waals surface area contributed by atoms with Crippen molar-refractivity contribution in [2.45, 2.75) is 43.9 Å². The van der Waals surface area contributed by atoms with Gasteiger partial charge < -0.3 is 20.5 Å². The summed E-state index contributed by atoms with van der Waals surface area (Å²) in [6.45, 7) is 4.09. The van der Waals surface area contributed by atoms with Gasteiger partial charge in [0.1, 0.15) is 5.52 Å². The number of rotatable bonds is 3. The van der Waals surface area contributed by atoms with Crippen molar-refractivity contribution in [1.82, 2.24) is 29.8 Å². The number of benzene rings is 1. The first-order valence-electron chi connectivity index (χ1n) is 10.6. The van der Waals surface area contributed by atoms with E-state index in [0.29, 0.717) is 28.8 Å². The van der Waals surface area contributed by atoms with Crippen LogP contribution in [-0.2, 0) is 6.42 Å². The highest BCUT2D eigenvalue weighted by Crippen LogP contribution is 2.45. The zero-order valence-electron chi connectivity index (χ0n) is 16.9. The number of nitrogens with two attached hydrogens (primary N) is 1. The molecule has 0 aliphatic carbocycles. The van der Waals surface area contributed by atoms with Crippen molar-refractivity contribution in [3.63, 3.8) is 0 Å². The molecular weight excluding hydrogens is 408 g/mol. The number of hydrogen-bond acceptors (Lipinski definition) is 8. The topological polar surface area (TPSA) is 103 Å². The molecule has 1 aromatic carbocycles. The minimum atomic E-state index is -3.72. The molecule has 11 heteroatoms. The Kier molecular flexibility index (Phi) is 4.03. The second-order valence-corrected chi connectivity index (χ2v) is 8.50. The maximum Gasteiger partial charge on any atom is 0.586 e. The summed E-state index contributed by atoms with van der Waals surface area (Å²) in [5.74, 6) is 0.505. The van der Waals surface area contributed by atoms with Crippen molar-refractivity contribution in [2.24, 2.45) is 0 Å². The molecule has 3 aliphatic rings. The summed E-state index contributed by atoms with van der Waals surface area (Å²) in [4.78, 5) is 11.5.